The largest absolute Gasteiger partial charge is 0.389 e. The second-order valence-corrected chi connectivity index (χ2v) is 11.7. The number of carbonyl (C=O) groups excluding carboxylic acids is 3. The lowest BCUT2D eigenvalue weighted by Gasteiger charge is -2.32. The van der Waals surface area contributed by atoms with Gasteiger partial charge in [-0.3, -0.25) is 14.4 Å². The predicted octanol–water partition coefficient (Wildman–Crippen LogP) is 4.82. The summed E-state index contributed by atoms with van der Waals surface area (Å²) < 4.78 is 42.6. The molecular formula is C28H35F3N6O4. The minimum atomic E-state index is -4.41. The van der Waals surface area contributed by atoms with Gasteiger partial charge in [-0.2, -0.15) is 13.2 Å². The molecular weight excluding hydrogens is 541 g/mol. The molecule has 0 radical (unpaired) electrons. The van der Waals surface area contributed by atoms with E-state index in [1.165, 1.54) is 6.20 Å². The number of pyridine rings is 1. The first-order valence-electron chi connectivity index (χ1n) is 14.3. The van der Waals surface area contributed by atoms with Crippen molar-refractivity contribution in [1.82, 2.24) is 25.9 Å². The Kier molecular flexibility index (Phi) is 8.60. The van der Waals surface area contributed by atoms with Gasteiger partial charge in [-0.1, -0.05) is 24.9 Å². The first-order chi connectivity index (χ1) is 19.6. The lowest BCUT2D eigenvalue weighted by Crippen LogP contribution is -2.49. The summed E-state index contributed by atoms with van der Waals surface area (Å²) in [6, 6.07) is 1.98. The van der Waals surface area contributed by atoms with Gasteiger partial charge >= 0.3 is 6.18 Å². The Hall–Kier alpha value is -3.51. The number of hydrogen-bond donors (Lipinski definition) is 3. The molecule has 1 unspecified atom stereocenters. The normalized spacial score (nSPS) is 22.4. The number of nitrogens with one attached hydrogen (secondary N) is 3. The summed E-state index contributed by atoms with van der Waals surface area (Å²) in [5.41, 5.74) is 1.26. The maximum Gasteiger partial charge on any atom is 0.389 e. The van der Waals surface area contributed by atoms with Gasteiger partial charge in [0.15, 0.2) is 5.69 Å². The molecule has 13 heteroatoms. The molecule has 3 amide bonds. The number of hydrogen-bond acceptors (Lipinski definition) is 7. The fourth-order valence-corrected chi connectivity index (χ4v) is 5.52. The molecule has 0 bridgehead atoms. The SMILES string of the molecule is CC1CCC([C@H](NC(=O)c2nonc2C2CC2)C(=O)Nc2cc(C(NC(=O)CCC(F)(F)F)C3CC3)ccn2)CC1. The minimum Gasteiger partial charge on any atom is -0.349 e. The zero-order chi connectivity index (χ0) is 29.1. The maximum absolute atomic E-state index is 13.6. The van der Waals surface area contributed by atoms with E-state index in [9.17, 15) is 27.6 Å². The molecule has 41 heavy (non-hydrogen) atoms. The van der Waals surface area contributed by atoms with Gasteiger partial charge in [0.05, 0.1) is 12.5 Å². The molecule has 3 N–H and O–H groups in total. The second-order valence-electron chi connectivity index (χ2n) is 11.7. The summed E-state index contributed by atoms with van der Waals surface area (Å²) in [7, 11) is 0. The van der Waals surface area contributed by atoms with Gasteiger partial charge in [0, 0.05) is 18.5 Å². The van der Waals surface area contributed by atoms with Crippen LogP contribution in [0.1, 0.15) is 105 Å². The second kappa shape index (κ2) is 12.2. The molecule has 5 rings (SSSR count). The van der Waals surface area contributed by atoms with Crippen molar-refractivity contribution in [2.75, 3.05) is 5.32 Å². The molecule has 3 saturated carbocycles. The number of amides is 3. The average molecular weight is 577 g/mol. The molecule has 2 aromatic heterocycles. The van der Waals surface area contributed by atoms with Crippen LogP contribution in [0, 0.1) is 17.8 Å². The lowest BCUT2D eigenvalue weighted by atomic mass is 9.79. The summed E-state index contributed by atoms with van der Waals surface area (Å²) in [5.74, 6) is -0.690. The van der Waals surface area contributed by atoms with Crippen molar-refractivity contribution in [3.63, 3.8) is 0 Å². The van der Waals surface area contributed by atoms with Gasteiger partial charge in [0.2, 0.25) is 11.8 Å². The Morgan fingerprint density at radius 2 is 1.71 bits per heavy atom. The Morgan fingerprint density at radius 1 is 1.00 bits per heavy atom. The van der Waals surface area contributed by atoms with E-state index in [0.717, 1.165) is 51.4 Å². The van der Waals surface area contributed by atoms with Gasteiger partial charge < -0.3 is 16.0 Å². The maximum atomic E-state index is 13.6. The average Bonchev–Trinajstić information content (AvgIpc) is 3.88. The van der Waals surface area contributed by atoms with E-state index in [0.29, 0.717) is 17.2 Å². The topological polar surface area (TPSA) is 139 Å². The Morgan fingerprint density at radius 3 is 2.37 bits per heavy atom. The molecule has 3 fully saturated rings. The van der Waals surface area contributed by atoms with Crippen LogP contribution >= 0.6 is 0 Å². The monoisotopic (exact) mass is 576 g/mol. The van der Waals surface area contributed by atoms with E-state index >= 15 is 0 Å². The fourth-order valence-electron chi connectivity index (χ4n) is 5.52. The Labute approximate surface area is 235 Å². The van der Waals surface area contributed by atoms with Crippen LogP contribution in [0.2, 0.25) is 0 Å². The van der Waals surface area contributed by atoms with Gasteiger partial charge in [-0.15, -0.1) is 0 Å². The lowest BCUT2D eigenvalue weighted by molar-refractivity contribution is -0.144. The van der Waals surface area contributed by atoms with Crippen LogP contribution in [0.25, 0.3) is 0 Å². The summed E-state index contributed by atoms with van der Waals surface area (Å²) in [5, 5.41) is 16.1. The van der Waals surface area contributed by atoms with Crippen LogP contribution in [0.4, 0.5) is 19.0 Å². The molecule has 0 aromatic carbocycles. The third-order valence-electron chi connectivity index (χ3n) is 8.23. The highest BCUT2D eigenvalue weighted by atomic mass is 19.4. The minimum absolute atomic E-state index is 0.0882. The van der Waals surface area contributed by atoms with Gasteiger partial charge in [0.1, 0.15) is 17.6 Å². The Bertz CT molecular complexity index is 1250. The van der Waals surface area contributed by atoms with Gasteiger partial charge in [-0.05, 0) is 79.1 Å². The van der Waals surface area contributed by atoms with Crippen LogP contribution < -0.4 is 16.0 Å². The number of alkyl halides is 3. The fraction of sp³-hybridized carbons (Fsp3) is 0.643. The molecule has 0 spiro atoms. The summed E-state index contributed by atoms with van der Waals surface area (Å²) in [4.78, 5) is 43.3. The van der Waals surface area contributed by atoms with E-state index < -0.39 is 48.8 Å². The van der Waals surface area contributed by atoms with Crippen LogP contribution in [-0.2, 0) is 9.59 Å². The van der Waals surface area contributed by atoms with E-state index in [4.69, 9.17) is 4.63 Å². The third kappa shape index (κ3) is 7.82. The molecule has 3 aliphatic rings. The van der Waals surface area contributed by atoms with E-state index in [-0.39, 0.29) is 29.3 Å². The van der Waals surface area contributed by atoms with E-state index in [2.05, 4.69) is 38.2 Å². The highest BCUT2D eigenvalue weighted by molar-refractivity contribution is 6.00. The number of nitrogens with zero attached hydrogens (tertiary/aromatic N) is 3. The first kappa shape index (κ1) is 29.0. The van der Waals surface area contributed by atoms with E-state index in [1.807, 2.05) is 0 Å². The van der Waals surface area contributed by atoms with Crippen molar-refractivity contribution in [3.8, 4) is 0 Å². The molecule has 10 nitrogen and oxygen atoms in total. The number of aromatic nitrogens is 3. The molecule has 2 atom stereocenters. The highest BCUT2D eigenvalue weighted by Crippen LogP contribution is 2.42. The molecule has 3 aliphatic carbocycles. The van der Waals surface area contributed by atoms with Crippen molar-refractivity contribution in [1.29, 1.82) is 0 Å². The number of rotatable bonds is 11. The molecule has 2 aromatic rings. The molecule has 2 heterocycles. The van der Waals surface area contributed by atoms with Crippen molar-refractivity contribution >= 4 is 23.5 Å². The predicted molar refractivity (Wildman–Crippen MR) is 140 cm³/mol. The van der Waals surface area contributed by atoms with E-state index in [1.54, 1.807) is 12.1 Å². The summed E-state index contributed by atoms with van der Waals surface area (Å²) in [6.45, 7) is 2.17. The van der Waals surface area contributed by atoms with Crippen LogP contribution in [0.3, 0.4) is 0 Å². The zero-order valence-electron chi connectivity index (χ0n) is 22.9. The standard InChI is InChI=1S/C28H35F3N6O4/c1-15-2-4-18(5-3-15)24(35-27(40)25-23(17-8-9-17)36-41-37-25)26(39)33-20-14-19(11-13-32-20)22(16-6-7-16)34-21(38)10-12-28(29,30)31/h11,13-18,22,24H,2-10,12H2,1H3,(H,34,38)(H,35,40)(H,32,33,39)/t15?,18?,22?,24-/m0/s1. The van der Waals surface area contributed by atoms with Crippen LogP contribution in [0.15, 0.2) is 23.0 Å². The number of halogens is 3. The van der Waals surface area contributed by atoms with Crippen molar-refractivity contribution in [2.45, 2.75) is 95.3 Å². The number of carbonyl (C=O) groups is 3. The zero-order valence-corrected chi connectivity index (χ0v) is 22.9. The molecule has 222 valence electrons. The van der Waals surface area contributed by atoms with Crippen molar-refractivity contribution in [2.24, 2.45) is 17.8 Å². The number of anilines is 1. The Balaban J connectivity index is 1.29. The van der Waals surface area contributed by atoms with Gasteiger partial charge in [-0.25, -0.2) is 9.61 Å². The third-order valence-corrected chi connectivity index (χ3v) is 8.23. The first-order valence-corrected chi connectivity index (χ1v) is 14.3. The molecule has 0 aliphatic heterocycles. The van der Waals surface area contributed by atoms with Crippen LogP contribution in [0.5, 0.6) is 0 Å². The van der Waals surface area contributed by atoms with Crippen molar-refractivity contribution in [3.05, 3.63) is 35.3 Å². The van der Waals surface area contributed by atoms with Gasteiger partial charge in [0.25, 0.3) is 5.91 Å². The smallest absolute Gasteiger partial charge is 0.349 e. The van der Waals surface area contributed by atoms with Crippen LogP contribution in [-0.4, -0.2) is 45.2 Å². The molecule has 0 saturated heterocycles. The summed E-state index contributed by atoms with van der Waals surface area (Å²) >= 11 is 0. The van der Waals surface area contributed by atoms with Crippen molar-refractivity contribution < 1.29 is 32.2 Å². The summed E-state index contributed by atoms with van der Waals surface area (Å²) in [6.07, 6.45) is 2.15. The highest BCUT2D eigenvalue weighted by Gasteiger charge is 2.38. The quantitative estimate of drug-likeness (QED) is 0.349.